The van der Waals surface area contributed by atoms with Crippen LogP contribution in [0.1, 0.15) is 32.4 Å². The maximum atomic E-state index is 12.7. The van der Waals surface area contributed by atoms with Crippen LogP contribution in [0.25, 0.3) is 11.2 Å². The largest absolute Gasteiger partial charge is 0.694 e. The van der Waals surface area contributed by atoms with Crippen LogP contribution < -0.4 is 11.2 Å². The van der Waals surface area contributed by atoms with Gasteiger partial charge in [-0.25, -0.2) is 9.78 Å². The second-order valence-corrected chi connectivity index (χ2v) is 6.32. The van der Waals surface area contributed by atoms with Crippen molar-refractivity contribution < 1.29 is 18.7 Å². The van der Waals surface area contributed by atoms with Gasteiger partial charge in [-0.15, -0.1) is 9.42 Å². The predicted octanol–water partition coefficient (Wildman–Crippen LogP) is 0.898. The number of imidazole rings is 1. The quantitative estimate of drug-likeness (QED) is 0.512. The summed E-state index contributed by atoms with van der Waals surface area (Å²) in [6.07, 6.45) is 2.89. The second kappa shape index (κ2) is 8.48. The van der Waals surface area contributed by atoms with Crippen LogP contribution in [-0.2, 0) is 27.4 Å². The molecular weight excluding hydrogens is 351 g/mol. The van der Waals surface area contributed by atoms with Crippen LogP contribution in [0.3, 0.4) is 0 Å². The number of methoxy groups -OCH3 is 1. The van der Waals surface area contributed by atoms with Crippen molar-refractivity contribution in [3.05, 3.63) is 27.2 Å². The molecule has 2 atom stereocenters. The summed E-state index contributed by atoms with van der Waals surface area (Å²) in [4.78, 5) is 37.9. The summed E-state index contributed by atoms with van der Waals surface area (Å²) in [5.74, 6) is 0. The van der Waals surface area contributed by atoms with Gasteiger partial charge < -0.3 is 4.74 Å². The van der Waals surface area contributed by atoms with E-state index in [2.05, 4.69) is 9.51 Å². The van der Waals surface area contributed by atoms with Gasteiger partial charge in [-0.1, -0.05) is 0 Å². The van der Waals surface area contributed by atoms with E-state index in [-0.39, 0.29) is 19.4 Å². The molecule has 0 bridgehead atoms. The van der Waals surface area contributed by atoms with Crippen molar-refractivity contribution in [2.24, 2.45) is 7.05 Å². The van der Waals surface area contributed by atoms with Gasteiger partial charge in [0.1, 0.15) is 12.8 Å². The normalized spacial score (nSPS) is 13.4. The molecule has 0 fully saturated rings. The van der Waals surface area contributed by atoms with Crippen molar-refractivity contribution in [2.75, 3.05) is 13.7 Å². The summed E-state index contributed by atoms with van der Waals surface area (Å²) in [6, 6.07) is 0. The Morgan fingerprint density at radius 1 is 1.32 bits per heavy atom. The van der Waals surface area contributed by atoms with Gasteiger partial charge in [0.25, 0.3) is 5.56 Å². The van der Waals surface area contributed by atoms with Gasteiger partial charge in [-0.3, -0.25) is 18.5 Å². The number of hydrogen-bond acceptors (Lipinski definition) is 6. The van der Waals surface area contributed by atoms with E-state index in [1.165, 1.54) is 22.6 Å². The molecule has 2 aromatic heterocycles. The van der Waals surface area contributed by atoms with Gasteiger partial charge in [0.05, 0.1) is 6.33 Å². The number of hydrogen-bond donors (Lipinski definition) is 1. The lowest BCUT2D eigenvalue weighted by molar-refractivity contribution is 0.0635. The predicted molar refractivity (Wildman–Crippen MR) is 90.6 cm³/mol. The molecule has 2 aromatic rings. The molecule has 138 valence electrons. The van der Waals surface area contributed by atoms with E-state index in [1.54, 1.807) is 18.5 Å². The van der Waals surface area contributed by atoms with Gasteiger partial charge in [-0.05, 0) is 26.2 Å². The summed E-state index contributed by atoms with van der Waals surface area (Å²) in [5, 5.41) is 0. The number of ether oxygens (including phenoxy) is 1. The number of rotatable bonds is 9. The van der Waals surface area contributed by atoms with Crippen LogP contribution in [-0.4, -0.2) is 37.3 Å². The molecule has 0 amide bonds. The molecule has 11 heteroatoms. The Morgan fingerprint density at radius 2 is 2.04 bits per heavy atom. The van der Waals surface area contributed by atoms with Crippen molar-refractivity contribution in [3.63, 3.8) is 0 Å². The molecule has 0 aliphatic heterocycles. The van der Waals surface area contributed by atoms with E-state index < -0.39 is 19.5 Å². The fraction of sp³-hybridized carbons (Fsp3) is 0.643. The van der Waals surface area contributed by atoms with Crippen LogP contribution in [0.2, 0.25) is 0 Å². The molecule has 25 heavy (non-hydrogen) atoms. The first-order valence-corrected chi connectivity index (χ1v) is 8.99. The van der Waals surface area contributed by atoms with Gasteiger partial charge in [0.2, 0.25) is 0 Å². The van der Waals surface area contributed by atoms with Crippen molar-refractivity contribution in [2.45, 2.75) is 39.0 Å². The Kier molecular flexibility index (Phi) is 6.60. The Bertz CT molecular complexity index is 871. The standard InChI is InChI=1S/C14H21N4O6P/c1-10(23-3)18-9-15-12-11(18)13(19)17(14(20)16(12)2)7-5-4-6-8-24-25(21)22/h9-10H,4-8H2,1-3H3/p+1. The monoisotopic (exact) mass is 373 g/mol. The zero-order chi connectivity index (χ0) is 18.6. The number of fused-ring (bicyclic) bond motifs is 1. The van der Waals surface area contributed by atoms with Crippen LogP contribution in [0, 0.1) is 0 Å². The molecule has 2 unspecified atom stereocenters. The van der Waals surface area contributed by atoms with E-state index in [9.17, 15) is 14.2 Å². The maximum absolute atomic E-state index is 12.7. The first-order valence-electron chi connectivity index (χ1n) is 7.86. The molecule has 2 rings (SSSR count). The molecular formula is C14H22N4O6P+. The number of aryl methyl sites for hydroxylation is 1. The summed E-state index contributed by atoms with van der Waals surface area (Å²) in [6.45, 7) is 2.19. The molecule has 0 radical (unpaired) electrons. The zero-order valence-corrected chi connectivity index (χ0v) is 15.3. The molecule has 1 N–H and O–H groups in total. The van der Waals surface area contributed by atoms with Crippen LogP contribution in [0.4, 0.5) is 0 Å². The van der Waals surface area contributed by atoms with Gasteiger partial charge in [0.15, 0.2) is 11.2 Å². The molecule has 0 aliphatic carbocycles. The summed E-state index contributed by atoms with van der Waals surface area (Å²) < 4.78 is 24.3. The van der Waals surface area contributed by atoms with Gasteiger partial charge in [0, 0.05) is 25.3 Å². The summed E-state index contributed by atoms with van der Waals surface area (Å²) >= 11 is 0. The number of aromatic nitrogens is 4. The van der Waals surface area contributed by atoms with E-state index in [1.807, 2.05) is 0 Å². The highest BCUT2D eigenvalue weighted by atomic mass is 31.1. The van der Waals surface area contributed by atoms with Crippen molar-refractivity contribution in [3.8, 4) is 0 Å². The molecule has 0 saturated heterocycles. The first kappa shape index (κ1) is 19.5. The van der Waals surface area contributed by atoms with Crippen molar-refractivity contribution in [1.82, 2.24) is 18.7 Å². The highest BCUT2D eigenvalue weighted by molar-refractivity contribution is 7.32. The topological polar surface area (TPSA) is 118 Å². The second-order valence-electron chi connectivity index (χ2n) is 5.59. The third kappa shape index (κ3) is 4.21. The van der Waals surface area contributed by atoms with Gasteiger partial charge in [-0.2, -0.15) is 0 Å². The average Bonchev–Trinajstić information content (AvgIpc) is 3.02. The minimum atomic E-state index is -2.59. The summed E-state index contributed by atoms with van der Waals surface area (Å²) in [7, 11) is 0.511. The molecule has 2 heterocycles. The van der Waals surface area contributed by atoms with Crippen molar-refractivity contribution >= 4 is 19.4 Å². The third-order valence-corrected chi connectivity index (χ3v) is 4.42. The van der Waals surface area contributed by atoms with E-state index in [0.717, 1.165) is 0 Å². The van der Waals surface area contributed by atoms with Crippen molar-refractivity contribution in [1.29, 1.82) is 0 Å². The SMILES string of the molecule is COC(C)n1cnc2c1c(=O)n(CCCCCO[P+](=O)O)c(=O)n2C. The Balaban J connectivity index is 2.23. The molecule has 0 spiro atoms. The highest BCUT2D eigenvalue weighted by Crippen LogP contribution is 2.15. The van der Waals surface area contributed by atoms with Crippen LogP contribution in [0.5, 0.6) is 0 Å². The lowest BCUT2D eigenvalue weighted by atomic mass is 10.2. The Morgan fingerprint density at radius 3 is 2.68 bits per heavy atom. The lowest BCUT2D eigenvalue weighted by Gasteiger charge is -2.13. The fourth-order valence-corrected chi connectivity index (χ4v) is 2.85. The minimum absolute atomic E-state index is 0.162. The third-order valence-electron chi connectivity index (χ3n) is 4.02. The van der Waals surface area contributed by atoms with E-state index in [4.69, 9.17) is 9.63 Å². The van der Waals surface area contributed by atoms with Crippen LogP contribution in [0.15, 0.2) is 15.9 Å². The number of unbranched alkanes of at least 4 members (excludes halogenated alkanes) is 2. The van der Waals surface area contributed by atoms with Gasteiger partial charge >= 0.3 is 13.9 Å². The smallest absolute Gasteiger partial charge is 0.362 e. The highest BCUT2D eigenvalue weighted by Gasteiger charge is 2.18. The number of nitrogens with zero attached hydrogens (tertiary/aromatic N) is 4. The molecule has 0 aliphatic rings. The lowest BCUT2D eigenvalue weighted by Crippen LogP contribution is -2.39. The maximum Gasteiger partial charge on any atom is 0.694 e. The molecule has 0 aromatic carbocycles. The Labute approximate surface area is 144 Å². The van der Waals surface area contributed by atoms with E-state index in [0.29, 0.717) is 30.4 Å². The summed E-state index contributed by atoms with van der Waals surface area (Å²) in [5.41, 5.74) is -0.205. The average molecular weight is 373 g/mol. The van der Waals surface area contributed by atoms with E-state index >= 15 is 0 Å². The Hall–Kier alpha value is -1.87. The minimum Gasteiger partial charge on any atom is -0.362 e. The first-order chi connectivity index (χ1) is 11.9. The molecule has 10 nitrogen and oxygen atoms in total. The molecule has 0 saturated carbocycles. The van der Waals surface area contributed by atoms with Crippen LogP contribution >= 0.6 is 8.25 Å². The zero-order valence-electron chi connectivity index (χ0n) is 14.4. The fourth-order valence-electron chi connectivity index (χ4n) is 2.57.